The van der Waals surface area contributed by atoms with Crippen LogP contribution in [-0.2, 0) is 0 Å². The summed E-state index contributed by atoms with van der Waals surface area (Å²) in [5.74, 6) is 1.06. The average molecular weight is 344 g/mol. The third-order valence-electron chi connectivity index (χ3n) is 3.89. The Morgan fingerprint density at radius 3 is 2.12 bits per heavy atom. The Kier molecular flexibility index (Phi) is 5.86. The number of rotatable bonds is 6. The van der Waals surface area contributed by atoms with E-state index >= 15 is 0 Å². The normalized spacial score (nSPS) is 10.9. The number of ketones is 1. The van der Waals surface area contributed by atoms with Crippen LogP contribution in [-0.4, -0.2) is 11.5 Å². The Morgan fingerprint density at radius 2 is 1.48 bits per heavy atom. The standard InChI is InChI=1S/C23H20OS/c1-2-25-22-15-13-21(14-16-22)23(24)17-10-18-8-11-20(12-9-18)19-6-4-3-5-7-19/h3-17H,2H2,1H3/b17-10+. The molecule has 0 aliphatic rings. The third kappa shape index (κ3) is 4.71. The van der Waals surface area contributed by atoms with E-state index in [0.29, 0.717) is 0 Å². The average Bonchev–Trinajstić information content (AvgIpc) is 2.68. The summed E-state index contributed by atoms with van der Waals surface area (Å²) in [7, 11) is 0. The summed E-state index contributed by atoms with van der Waals surface area (Å²) in [4.78, 5) is 13.5. The topological polar surface area (TPSA) is 17.1 Å². The highest BCUT2D eigenvalue weighted by Gasteiger charge is 2.02. The highest BCUT2D eigenvalue weighted by molar-refractivity contribution is 7.99. The van der Waals surface area contributed by atoms with Gasteiger partial charge in [-0.3, -0.25) is 4.79 Å². The first-order valence-corrected chi connectivity index (χ1v) is 9.35. The van der Waals surface area contributed by atoms with Crippen molar-refractivity contribution in [2.24, 2.45) is 0 Å². The van der Waals surface area contributed by atoms with E-state index in [2.05, 4.69) is 31.2 Å². The Bertz CT molecular complexity index is 847. The largest absolute Gasteiger partial charge is 0.289 e. The van der Waals surface area contributed by atoms with E-state index in [1.165, 1.54) is 16.0 Å². The van der Waals surface area contributed by atoms with Crippen LogP contribution in [0.5, 0.6) is 0 Å². The van der Waals surface area contributed by atoms with Crippen molar-refractivity contribution in [2.75, 3.05) is 5.75 Å². The van der Waals surface area contributed by atoms with Gasteiger partial charge in [0.05, 0.1) is 0 Å². The predicted octanol–water partition coefficient (Wildman–Crippen LogP) is 6.36. The van der Waals surface area contributed by atoms with Crippen molar-refractivity contribution >= 4 is 23.6 Å². The first-order valence-electron chi connectivity index (χ1n) is 8.37. The van der Waals surface area contributed by atoms with Crippen molar-refractivity contribution in [3.8, 4) is 11.1 Å². The first-order chi connectivity index (χ1) is 12.3. The molecule has 0 N–H and O–H groups in total. The molecule has 0 aliphatic heterocycles. The molecule has 0 saturated heterocycles. The molecule has 0 aliphatic carbocycles. The Labute approximate surface area is 153 Å². The van der Waals surface area contributed by atoms with Crippen LogP contribution in [0.3, 0.4) is 0 Å². The van der Waals surface area contributed by atoms with Gasteiger partial charge in [-0.15, -0.1) is 11.8 Å². The lowest BCUT2D eigenvalue weighted by Crippen LogP contribution is -1.93. The smallest absolute Gasteiger partial charge is 0.185 e. The Hall–Kier alpha value is -2.58. The quantitative estimate of drug-likeness (QED) is 0.294. The number of allylic oxidation sites excluding steroid dienone is 1. The van der Waals surface area contributed by atoms with Crippen LogP contribution in [0.1, 0.15) is 22.8 Å². The zero-order valence-corrected chi connectivity index (χ0v) is 15.0. The second-order valence-corrected chi connectivity index (χ2v) is 6.98. The molecule has 25 heavy (non-hydrogen) atoms. The minimum absolute atomic E-state index is 0.0279. The third-order valence-corrected chi connectivity index (χ3v) is 4.79. The molecule has 3 aromatic rings. The SMILES string of the molecule is CCSc1ccc(C(=O)/C=C/c2ccc(-c3ccccc3)cc2)cc1. The zero-order chi connectivity index (χ0) is 17.5. The van der Waals surface area contributed by atoms with Gasteiger partial charge in [-0.25, -0.2) is 0 Å². The summed E-state index contributed by atoms with van der Waals surface area (Å²) in [5, 5.41) is 0. The van der Waals surface area contributed by atoms with Crippen LogP contribution in [0.25, 0.3) is 17.2 Å². The van der Waals surface area contributed by atoms with Crippen molar-refractivity contribution in [3.63, 3.8) is 0 Å². The molecule has 3 rings (SSSR count). The number of carbonyl (C=O) groups is 1. The minimum atomic E-state index is 0.0279. The molecule has 2 heteroatoms. The van der Waals surface area contributed by atoms with Crippen molar-refractivity contribution in [1.82, 2.24) is 0 Å². The molecular formula is C23H20OS. The van der Waals surface area contributed by atoms with Gasteiger partial charge in [0.25, 0.3) is 0 Å². The van der Waals surface area contributed by atoms with Crippen molar-refractivity contribution < 1.29 is 4.79 Å². The van der Waals surface area contributed by atoms with Gasteiger partial charge in [-0.2, -0.15) is 0 Å². The molecular weight excluding hydrogens is 324 g/mol. The summed E-state index contributed by atoms with van der Waals surface area (Å²) < 4.78 is 0. The maximum absolute atomic E-state index is 12.3. The molecule has 0 bridgehead atoms. The van der Waals surface area contributed by atoms with Crippen molar-refractivity contribution in [1.29, 1.82) is 0 Å². The molecule has 0 saturated carbocycles. The van der Waals surface area contributed by atoms with E-state index in [-0.39, 0.29) is 5.78 Å². The summed E-state index contributed by atoms with van der Waals surface area (Å²) >= 11 is 1.78. The van der Waals surface area contributed by atoms with Gasteiger partial charge in [-0.05, 0) is 52.8 Å². The molecule has 0 aromatic heterocycles. The maximum atomic E-state index is 12.3. The first kappa shape index (κ1) is 17.2. The molecule has 3 aromatic carbocycles. The van der Waals surface area contributed by atoms with Crippen LogP contribution in [0.2, 0.25) is 0 Å². The zero-order valence-electron chi connectivity index (χ0n) is 14.2. The molecule has 0 radical (unpaired) electrons. The van der Waals surface area contributed by atoms with Gasteiger partial charge in [0, 0.05) is 10.5 Å². The lowest BCUT2D eigenvalue weighted by atomic mass is 10.0. The molecule has 0 spiro atoms. The van der Waals surface area contributed by atoms with Gasteiger partial charge in [-0.1, -0.05) is 67.6 Å². The fourth-order valence-corrected chi connectivity index (χ4v) is 3.23. The fourth-order valence-electron chi connectivity index (χ4n) is 2.57. The van der Waals surface area contributed by atoms with E-state index < -0.39 is 0 Å². The van der Waals surface area contributed by atoms with Crippen molar-refractivity contribution in [3.05, 3.63) is 96.1 Å². The summed E-state index contributed by atoms with van der Waals surface area (Å²) in [6.07, 6.45) is 3.51. The molecule has 124 valence electrons. The minimum Gasteiger partial charge on any atom is -0.289 e. The van der Waals surface area contributed by atoms with Gasteiger partial charge < -0.3 is 0 Å². The van der Waals surface area contributed by atoms with Crippen LogP contribution in [0.4, 0.5) is 0 Å². The Morgan fingerprint density at radius 1 is 0.840 bits per heavy atom. The van der Waals surface area contributed by atoms with E-state index in [9.17, 15) is 4.79 Å². The second kappa shape index (κ2) is 8.50. The monoisotopic (exact) mass is 344 g/mol. The summed E-state index contributed by atoms with van der Waals surface area (Å²) in [5.41, 5.74) is 4.11. The predicted molar refractivity (Wildman–Crippen MR) is 108 cm³/mol. The molecule has 0 heterocycles. The van der Waals surface area contributed by atoms with Crippen LogP contribution in [0.15, 0.2) is 89.8 Å². The van der Waals surface area contributed by atoms with E-state index in [1.807, 2.05) is 60.7 Å². The summed E-state index contributed by atoms with van der Waals surface area (Å²) in [6.45, 7) is 2.12. The van der Waals surface area contributed by atoms with Crippen LogP contribution < -0.4 is 0 Å². The summed E-state index contributed by atoms with van der Waals surface area (Å²) in [6, 6.07) is 26.3. The van der Waals surface area contributed by atoms with Gasteiger partial charge in [0.15, 0.2) is 5.78 Å². The number of benzene rings is 3. The van der Waals surface area contributed by atoms with E-state index in [1.54, 1.807) is 17.8 Å². The molecule has 0 fully saturated rings. The fraction of sp³-hybridized carbons (Fsp3) is 0.0870. The number of thioether (sulfide) groups is 1. The Balaban J connectivity index is 1.68. The van der Waals surface area contributed by atoms with Gasteiger partial charge in [0.2, 0.25) is 0 Å². The molecule has 0 amide bonds. The van der Waals surface area contributed by atoms with Gasteiger partial charge in [0.1, 0.15) is 0 Å². The van der Waals surface area contributed by atoms with E-state index in [4.69, 9.17) is 0 Å². The van der Waals surface area contributed by atoms with Crippen LogP contribution >= 0.6 is 11.8 Å². The molecule has 1 nitrogen and oxygen atoms in total. The highest BCUT2D eigenvalue weighted by atomic mass is 32.2. The lowest BCUT2D eigenvalue weighted by molar-refractivity contribution is 0.104. The molecule has 0 atom stereocenters. The van der Waals surface area contributed by atoms with E-state index in [0.717, 1.165) is 16.9 Å². The molecule has 0 unspecified atom stereocenters. The van der Waals surface area contributed by atoms with Crippen LogP contribution in [0, 0.1) is 0 Å². The maximum Gasteiger partial charge on any atom is 0.185 e. The number of carbonyl (C=O) groups excluding carboxylic acids is 1. The lowest BCUT2D eigenvalue weighted by Gasteiger charge is -2.02. The number of hydrogen-bond donors (Lipinski definition) is 0. The van der Waals surface area contributed by atoms with Crippen molar-refractivity contribution in [2.45, 2.75) is 11.8 Å². The second-order valence-electron chi connectivity index (χ2n) is 5.64. The number of hydrogen-bond acceptors (Lipinski definition) is 2. The highest BCUT2D eigenvalue weighted by Crippen LogP contribution is 2.20. The van der Waals surface area contributed by atoms with Gasteiger partial charge >= 0.3 is 0 Å².